The van der Waals surface area contributed by atoms with E-state index in [-0.39, 0.29) is 11.8 Å². The van der Waals surface area contributed by atoms with Crippen molar-refractivity contribution in [1.82, 2.24) is 5.32 Å². The molecule has 1 saturated heterocycles. The van der Waals surface area contributed by atoms with Crippen LogP contribution in [-0.2, 0) is 14.4 Å². The number of hydrogen-bond donors (Lipinski definition) is 3. The van der Waals surface area contributed by atoms with Crippen molar-refractivity contribution in [2.45, 2.75) is 12.5 Å². The predicted octanol–water partition coefficient (Wildman–Crippen LogP) is 2.87. The number of nitrogens with one attached hydrogen (secondary N) is 2. The van der Waals surface area contributed by atoms with Gasteiger partial charge < -0.3 is 10.6 Å². The van der Waals surface area contributed by atoms with E-state index in [0.29, 0.717) is 17.3 Å². The van der Waals surface area contributed by atoms with Crippen LogP contribution in [0.2, 0.25) is 0 Å². The van der Waals surface area contributed by atoms with Crippen LogP contribution in [0.1, 0.15) is 6.42 Å². The molecule has 110 valence electrons. The molecular weight excluding hydrogens is 304 g/mol. The van der Waals surface area contributed by atoms with Gasteiger partial charge in [0.2, 0.25) is 10.2 Å². The first-order valence-corrected chi connectivity index (χ1v) is 9.06. The number of fused-ring (bicyclic) bond motifs is 1. The highest BCUT2D eigenvalue weighted by Gasteiger charge is 2.38. The Morgan fingerprint density at radius 2 is 2.00 bits per heavy atom. The van der Waals surface area contributed by atoms with Crippen molar-refractivity contribution in [2.75, 3.05) is 16.8 Å². The van der Waals surface area contributed by atoms with Gasteiger partial charge in [0, 0.05) is 12.1 Å². The second-order valence-corrected chi connectivity index (χ2v) is 7.98. The lowest BCUT2D eigenvalue weighted by atomic mass is 10.1. The molecule has 6 heteroatoms. The molecule has 1 aliphatic heterocycles. The molecule has 2 aromatic carbocycles. The molecule has 4 nitrogen and oxygen atoms in total. The van der Waals surface area contributed by atoms with Crippen molar-refractivity contribution in [3.63, 3.8) is 0 Å². The molecule has 3 rings (SSSR count). The minimum Gasteiger partial charge on any atom is -0.355 e. The third-order valence-electron chi connectivity index (χ3n) is 3.59. The van der Waals surface area contributed by atoms with Crippen LogP contribution in [0.3, 0.4) is 0 Å². The number of hydrogen-bond acceptors (Lipinski definition) is 2. The van der Waals surface area contributed by atoms with Gasteiger partial charge in [-0.05, 0) is 35.1 Å². The first-order valence-electron chi connectivity index (χ1n) is 6.80. The van der Waals surface area contributed by atoms with Crippen LogP contribution in [0.25, 0.3) is 10.8 Å². The maximum Gasteiger partial charge on any atom is 0.216 e. The maximum absolute atomic E-state index is 11.5. The van der Waals surface area contributed by atoms with Gasteiger partial charge in [0.05, 0.1) is 6.04 Å². The SMILES string of the molecule is O=[S+]1(O)CC[C@H](NC(=S)Nc2ccc3ccccc3c2)C1. The van der Waals surface area contributed by atoms with Gasteiger partial charge in [0.1, 0.15) is 5.75 Å². The highest BCUT2D eigenvalue weighted by molar-refractivity contribution is 7.98. The quantitative estimate of drug-likeness (QED) is 0.586. The topological polar surface area (TPSA) is 61.4 Å². The Morgan fingerprint density at radius 3 is 2.71 bits per heavy atom. The lowest BCUT2D eigenvalue weighted by molar-refractivity contribution is 0.502. The van der Waals surface area contributed by atoms with Gasteiger partial charge in [0.25, 0.3) is 0 Å². The van der Waals surface area contributed by atoms with Crippen molar-refractivity contribution in [3.8, 4) is 0 Å². The molecule has 0 aliphatic carbocycles. The van der Waals surface area contributed by atoms with E-state index < -0.39 is 10.2 Å². The van der Waals surface area contributed by atoms with Gasteiger partial charge in [-0.1, -0.05) is 34.5 Å². The Kier molecular flexibility index (Phi) is 3.93. The fourth-order valence-corrected chi connectivity index (χ4v) is 4.52. The molecule has 2 atom stereocenters. The van der Waals surface area contributed by atoms with E-state index in [2.05, 4.69) is 22.8 Å². The van der Waals surface area contributed by atoms with Crippen LogP contribution >= 0.6 is 12.2 Å². The summed E-state index contributed by atoms with van der Waals surface area (Å²) in [6, 6.07) is 14.1. The highest BCUT2D eigenvalue weighted by Crippen LogP contribution is 2.19. The van der Waals surface area contributed by atoms with Gasteiger partial charge >= 0.3 is 0 Å². The summed E-state index contributed by atoms with van der Waals surface area (Å²) in [4.78, 5) is 0. The first-order chi connectivity index (χ1) is 10.0. The van der Waals surface area contributed by atoms with E-state index in [0.717, 1.165) is 11.1 Å². The summed E-state index contributed by atoms with van der Waals surface area (Å²) in [6.45, 7) is 0. The normalized spacial score (nSPS) is 24.9. The molecule has 0 bridgehead atoms. The van der Waals surface area contributed by atoms with Crippen molar-refractivity contribution in [2.24, 2.45) is 0 Å². The van der Waals surface area contributed by atoms with Crippen LogP contribution in [0.4, 0.5) is 5.69 Å². The van der Waals surface area contributed by atoms with E-state index in [9.17, 15) is 8.76 Å². The van der Waals surface area contributed by atoms with Gasteiger partial charge in [0.15, 0.2) is 10.9 Å². The summed E-state index contributed by atoms with van der Waals surface area (Å²) >= 11 is 5.27. The second-order valence-electron chi connectivity index (χ2n) is 5.29. The predicted molar refractivity (Wildman–Crippen MR) is 92.1 cm³/mol. The standard InChI is InChI=1S/C15H16N2O2S2/c18-21(19)8-7-14(10-21)17-15(20)16-13-6-5-11-3-1-2-4-12(11)9-13/h1-6,9,14H,7-8,10H2,(H2-,16,17,18,19,20)/p+1/t14-/m0/s1. The number of benzene rings is 2. The Morgan fingerprint density at radius 1 is 1.24 bits per heavy atom. The number of thiocarbonyl (C=S) groups is 1. The number of anilines is 1. The molecule has 21 heavy (non-hydrogen) atoms. The molecule has 2 aromatic rings. The zero-order valence-electron chi connectivity index (χ0n) is 11.4. The Bertz CT molecular complexity index is 732. The van der Waals surface area contributed by atoms with Gasteiger partial charge in [-0.2, -0.15) is 4.55 Å². The fraction of sp³-hybridized carbons (Fsp3) is 0.267. The van der Waals surface area contributed by atoms with Gasteiger partial charge in [-0.25, -0.2) is 0 Å². The van der Waals surface area contributed by atoms with Crippen molar-refractivity contribution >= 4 is 44.0 Å². The molecule has 0 spiro atoms. The molecule has 0 saturated carbocycles. The van der Waals surface area contributed by atoms with Crippen molar-refractivity contribution < 1.29 is 8.76 Å². The average Bonchev–Trinajstić information content (AvgIpc) is 2.77. The lowest BCUT2D eigenvalue weighted by Crippen LogP contribution is -2.38. The van der Waals surface area contributed by atoms with E-state index in [1.165, 1.54) is 5.39 Å². The van der Waals surface area contributed by atoms with Crippen LogP contribution in [-0.4, -0.2) is 27.2 Å². The molecule has 1 aliphatic rings. The second kappa shape index (κ2) is 5.71. The van der Waals surface area contributed by atoms with E-state index in [4.69, 9.17) is 12.2 Å². The summed E-state index contributed by atoms with van der Waals surface area (Å²) in [5.74, 6) is 0.621. The fourth-order valence-electron chi connectivity index (χ4n) is 2.54. The van der Waals surface area contributed by atoms with Crippen molar-refractivity contribution in [1.29, 1.82) is 0 Å². The minimum atomic E-state index is -2.64. The van der Waals surface area contributed by atoms with Crippen molar-refractivity contribution in [3.05, 3.63) is 42.5 Å². The van der Waals surface area contributed by atoms with Crippen LogP contribution < -0.4 is 10.6 Å². The largest absolute Gasteiger partial charge is 0.355 e. The lowest BCUT2D eigenvalue weighted by Gasteiger charge is -2.14. The van der Waals surface area contributed by atoms with Crippen LogP contribution in [0, 0.1) is 0 Å². The Hall–Kier alpha value is -1.50. The minimum absolute atomic E-state index is 0.0250. The molecule has 1 heterocycles. The Balaban J connectivity index is 1.65. The molecule has 0 aromatic heterocycles. The smallest absolute Gasteiger partial charge is 0.216 e. The summed E-state index contributed by atoms with van der Waals surface area (Å²) in [6.07, 6.45) is 0.675. The summed E-state index contributed by atoms with van der Waals surface area (Å²) in [7, 11) is -2.64. The zero-order valence-corrected chi connectivity index (χ0v) is 13.0. The Labute approximate surface area is 130 Å². The zero-order chi connectivity index (χ0) is 14.9. The van der Waals surface area contributed by atoms with E-state index in [1.807, 2.05) is 30.3 Å². The van der Waals surface area contributed by atoms with Crippen LogP contribution in [0.5, 0.6) is 0 Å². The summed E-state index contributed by atoms with van der Waals surface area (Å²) in [5.41, 5.74) is 0.911. The van der Waals surface area contributed by atoms with E-state index >= 15 is 0 Å². The first kappa shape index (κ1) is 14.4. The third-order valence-corrected chi connectivity index (χ3v) is 5.61. The number of rotatable bonds is 2. The van der Waals surface area contributed by atoms with Gasteiger partial charge in [-0.15, -0.1) is 0 Å². The highest BCUT2D eigenvalue weighted by atomic mass is 32.3. The third kappa shape index (κ3) is 3.58. The van der Waals surface area contributed by atoms with Gasteiger partial charge in [-0.3, -0.25) is 0 Å². The summed E-state index contributed by atoms with van der Waals surface area (Å²) < 4.78 is 21.0. The van der Waals surface area contributed by atoms with E-state index in [1.54, 1.807) is 0 Å². The van der Waals surface area contributed by atoms with Crippen LogP contribution in [0.15, 0.2) is 42.5 Å². The molecule has 1 fully saturated rings. The molecule has 1 unspecified atom stereocenters. The maximum atomic E-state index is 11.5. The molecule has 3 N–H and O–H groups in total. The molecule has 0 amide bonds. The average molecular weight is 321 g/mol. The monoisotopic (exact) mass is 321 g/mol. The molecule has 0 radical (unpaired) electrons. The molecular formula is C15H17N2O2S2+. The summed E-state index contributed by atoms with van der Waals surface area (Å²) in [5, 5.41) is 9.06.